The third-order valence-corrected chi connectivity index (χ3v) is 2.87. The fourth-order valence-corrected chi connectivity index (χ4v) is 1.77. The third kappa shape index (κ3) is 7.97. The molecule has 0 amide bonds. The van der Waals surface area contributed by atoms with E-state index in [1.165, 1.54) is 39.2 Å². The van der Waals surface area contributed by atoms with Crippen LogP contribution >= 0.6 is 0 Å². The highest BCUT2D eigenvalue weighted by Crippen LogP contribution is 2.06. The Morgan fingerprint density at radius 1 is 1.29 bits per heavy atom. The van der Waals surface area contributed by atoms with Crippen molar-refractivity contribution in [1.82, 2.24) is 5.32 Å². The van der Waals surface area contributed by atoms with Crippen molar-refractivity contribution in [3.8, 4) is 0 Å². The van der Waals surface area contributed by atoms with Crippen molar-refractivity contribution in [2.24, 2.45) is 0 Å². The monoisotopic (exact) mass is 241 g/mol. The molecule has 0 aliphatic rings. The van der Waals surface area contributed by atoms with E-state index in [0.29, 0.717) is 11.6 Å². The highest BCUT2D eigenvalue weighted by Gasteiger charge is 2.06. The Morgan fingerprint density at radius 2 is 2.00 bits per heavy atom. The molecule has 0 saturated heterocycles. The van der Waals surface area contributed by atoms with Crippen LogP contribution in [0, 0.1) is 0 Å². The van der Waals surface area contributed by atoms with Crippen molar-refractivity contribution < 1.29 is 9.53 Å². The predicted molar refractivity (Wildman–Crippen MR) is 72.0 cm³/mol. The summed E-state index contributed by atoms with van der Waals surface area (Å²) in [5.74, 6) is -0.243. The molecule has 0 aliphatic heterocycles. The van der Waals surface area contributed by atoms with Crippen LogP contribution in [0.1, 0.15) is 52.9 Å². The normalized spacial score (nSPS) is 13.5. The molecule has 0 saturated carbocycles. The molecule has 17 heavy (non-hydrogen) atoms. The lowest BCUT2D eigenvalue weighted by Crippen LogP contribution is -2.29. The molecular formula is C14H27NO2. The fraction of sp³-hybridized carbons (Fsp3) is 0.786. The first kappa shape index (κ1) is 16.2. The van der Waals surface area contributed by atoms with Gasteiger partial charge in [-0.2, -0.15) is 0 Å². The predicted octanol–water partition coefficient (Wildman–Crippen LogP) is 3.05. The van der Waals surface area contributed by atoms with Crippen molar-refractivity contribution in [1.29, 1.82) is 0 Å². The van der Waals surface area contributed by atoms with Crippen LogP contribution in [0.3, 0.4) is 0 Å². The van der Waals surface area contributed by atoms with Gasteiger partial charge < -0.3 is 10.1 Å². The molecule has 0 aromatic carbocycles. The van der Waals surface area contributed by atoms with Gasteiger partial charge in [-0.3, -0.25) is 0 Å². The first-order valence-corrected chi connectivity index (χ1v) is 6.64. The molecule has 3 heteroatoms. The van der Waals surface area contributed by atoms with Gasteiger partial charge in [-0.25, -0.2) is 4.79 Å². The maximum absolute atomic E-state index is 11.2. The fourth-order valence-electron chi connectivity index (χ4n) is 1.77. The van der Waals surface area contributed by atoms with Gasteiger partial charge >= 0.3 is 5.97 Å². The van der Waals surface area contributed by atoms with Gasteiger partial charge in [-0.1, -0.05) is 39.2 Å². The summed E-state index contributed by atoms with van der Waals surface area (Å²) in [5.41, 5.74) is 0.672. The lowest BCUT2D eigenvalue weighted by Gasteiger charge is -2.16. The molecular weight excluding hydrogens is 214 g/mol. The highest BCUT2D eigenvalue weighted by molar-refractivity contribution is 5.87. The number of carbonyl (C=O) groups is 1. The molecule has 0 aliphatic carbocycles. The van der Waals surface area contributed by atoms with Crippen molar-refractivity contribution >= 4 is 5.97 Å². The Kier molecular flexibility index (Phi) is 9.83. The zero-order valence-electron chi connectivity index (χ0n) is 11.7. The minimum absolute atomic E-state index is 0.243. The number of carbonyl (C=O) groups excluding carboxylic acids is 1. The number of ether oxygens (including phenoxy) is 1. The minimum Gasteiger partial charge on any atom is -0.466 e. The van der Waals surface area contributed by atoms with E-state index in [2.05, 4.69) is 23.9 Å². The number of rotatable bonds is 9. The number of hydrogen-bond acceptors (Lipinski definition) is 3. The van der Waals surface area contributed by atoms with Gasteiger partial charge in [0.15, 0.2) is 0 Å². The second-order valence-electron chi connectivity index (χ2n) is 4.41. The Morgan fingerprint density at radius 3 is 2.53 bits per heavy atom. The average molecular weight is 241 g/mol. The van der Waals surface area contributed by atoms with Gasteiger partial charge in [-0.15, -0.1) is 0 Å². The smallest absolute Gasteiger partial charge is 0.333 e. The zero-order valence-corrected chi connectivity index (χ0v) is 11.7. The Hall–Kier alpha value is -0.830. The maximum atomic E-state index is 11.2. The summed E-state index contributed by atoms with van der Waals surface area (Å²) in [5, 5.41) is 3.48. The standard InChI is InChI=1S/C14H27NO2/c1-5-7-9-13(8-6-2)15-11-10-12(3)14(16)17-4/h10,13,15H,5-9,11H2,1-4H3/b12-10-. The molecule has 1 N–H and O–H groups in total. The Labute approximate surface area is 106 Å². The van der Waals surface area contributed by atoms with E-state index in [9.17, 15) is 4.79 Å². The topological polar surface area (TPSA) is 38.3 Å². The number of unbranched alkanes of at least 4 members (excludes halogenated alkanes) is 1. The van der Waals surface area contributed by atoms with E-state index < -0.39 is 0 Å². The molecule has 0 aromatic rings. The van der Waals surface area contributed by atoms with E-state index in [0.717, 1.165) is 6.54 Å². The zero-order chi connectivity index (χ0) is 13.1. The van der Waals surface area contributed by atoms with Crippen molar-refractivity contribution in [3.63, 3.8) is 0 Å². The van der Waals surface area contributed by atoms with Crippen LogP contribution in [0.5, 0.6) is 0 Å². The van der Waals surface area contributed by atoms with Crippen molar-refractivity contribution in [3.05, 3.63) is 11.6 Å². The number of nitrogens with one attached hydrogen (secondary N) is 1. The molecule has 1 unspecified atom stereocenters. The lowest BCUT2D eigenvalue weighted by molar-refractivity contribution is -0.136. The Balaban J connectivity index is 3.98. The summed E-state index contributed by atoms with van der Waals surface area (Å²) < 4.78 is 4.65. The molecule has 0 heterocycles. The third-order valence-electron chi connectivity index (χ3n) is 2.87. The highest BCUT2D eigenvalue weighted by atomic mass is 16.5. The largest absolute Gasteiger partial charge is 0.466 e. The van der Waals surface area contributed by atoms with E-state index >= 15 is 0 Å². The molecule has 3 nitrogen and oxygen atoms in total. The Bertz CT molecular complexity index is 236. The molecule has 1 atom stereocenters. The second-order valence-corrected chi connectivity index (χ2v) is 4.41. The quantitative estimate of drug-likeness (QED) is 0.498. The van der Waals surface area contributed by atoms with Gasteiger partial charge in [0.05, 0.1) is 7.11 Å². The summed E-state index contributed by atoms with van der Waals surface area (Å²) in [7, 11) is 1.41. The summed E-state index contributed by atoms with van der Waals surface area (Å²) in [6, 6.07) is 0.571. The van der Waals surface area contributed by atoms with E-state index in [4.69, 9.17) is 0 Å². The van der Waals surface area contributed by atoms with Crippen LogP contribution < -0.4 is 5.32 Å². The van der Waals surface area contributed by atoms with E-state index in [1.54, 1.807) is 6.92 Å². The van der Waals surface area contributed by atoms with Crippen molar-refractivity contribution in [2.75, 3.05) is 13.7 Å². The van der Waals surface area contributed by atoms with Gasteiger partial charge in [0.2, 0.25) is 0 Å². The van der Waals surface area contributed by atoms with Crippen LogP contribution in [0.25, 0.3) is 0 Å². The van der Waals surface area contributed by atoms with Crippen LogP contribution in [0.15, 0.2) is 11.6 Å². The maximum Gasteiger partial charge on any atom is 0.333 e. The van der Waals surface area contributed by atoms with Crippen LogP contribution in [0.4, 0.5) is 0 Å². The van der Waals surface area contributed by atoms with Gasteiger partial charge in [0.25, 0.3) is 0 Å². The molecule has 0 radical (unpaired) electrons. The van der Waals surface area contributed by atoms with Crippen LogP contribution in [0.2, 0.25) is 0 Å². The molecule has 0 aromatic heterocycles. The van der Waals surface area contributed by atoms with Crippen LogP contribution in [-0.4, -0.2) is 25.7 Å². The second kappa shape index (κ2) is 10.3. The summed E-state index contributed by atoms with van der Waals surface area (Å²) in [6.45, 7) is 6.95. The van der Waals surface area contributed by atoms with Crippen molar-refractivity contribution in [2.45, 2.75) is 58.9 Å². The summed E-state index contributed by atoms with van der Waals surface area (Å²) in [4.78, 5) is 11.2. The SMILES string of the molecule is CCCCC(CCC)NC/C=C(/C)C(=O)OC. The first-order valence-electron chi connectivity index (χ1n) is 6.64. The number of methoxy groups -OCH3 is 1. The van der Waals surface area contributed by atoms with Gasteiger partial charge in [0.1, 0.15) is 0 Å². The molecule has 0 bridgehead atoms. The molecule has 0 spiro atoms. The molecule has 0 rings (SSSR count). The minimum atomic E-state index is -0.243. The van der Waals surface area contributed by atoms with Crippen LogP contribution in [-0.2, 0) is 9.53 Å². The molecule has 100 valence electrons. The number of hydrogen-bond donors (Lipinski definition) is 1. The van der Waals surface area contributed by atoms with Gasteiger partial charge in [0, 0.05) is 18.2 Å². The lowest BCUT2D eigenvalue weighted by atomic mass is 10.1. The summed E-state index contributed by atoms with van der Waals surface area (Å²) in [6.07, 6.45) is 8.01. The van der Waals surface area contributed by atoms with E-state index in [1.807, 2.05) is 6.08 Å². The molecule has 0 fully saturated rings. The average Bonchev–Trinajstić information content (AvgIpc) is 2.34. The number of esters is 1. The summed E-state index contributed by atoms with van der Waals surface area (Å²) >= 11 is 0. The first-order chi connectivity index (χ1) is 8.15. The van der Waals surface area contributed by atoms with E-state index in [-0.39, 0.29) is 5.97 Å². The van der Waals surface area contributed by atoms with Gasteiger partial charge in [-0.05, 0) is 19.8 Å².